The number of nitrogens with zero attached hydrogens (tertiary/aromatic N) is 22. The highest BCUT2D eigenvalue weighted by molar-refractivity contribution is 5.75. The SMILES string of the molecule is C.C.C.C.C.C.C.C.C.CC(C)(C)N1CCN2CCCC2C1.CC(C)(C)N1CCN2CCCCC2C1.CC(C)(C)N1CCc2ccccc2C1.CC(C)(C)N1CCc2cnccc2C1.CC(C)(C)N1CCn2cccc2C1.CC(C)(C)N1CCn2ccnc2C1.CC(C)(C)N1CCn2cnnc2C1.CC(C)(C)N1CCn2ncnc2C1.CC(C)(C)c1nc2ccccc2[nH]1.c1cc2c(cn1)CCC2. The Morgan fingerprint density at radius 1 is 0.319 bits per heavy atom. The maximum Gasteiger partial charge on any atom is 0.147 e. The predicted octanol–water partition coefficient (Wildman–Crippen LogP) is 24.1. The molecule has 0 saturated carbocycles. The lowest BCUT2D eigenvalue weighted by atomic mass is 9.95. The Morgan fingerprint density at radius 3 is 1.28 bits per heavy atom. The van der Waals surface area contributed by atoms with Gasteiger partial charge in [-0.25, -0.2) is 19.6 Å². The zero-order valence-electron chi connectivity index (χ0n) is 85.7. The minimum atomic E-state index is 0. The second-order valence-electron chi connectivity index (χ2n) is 46.6. The first-order valence-electron chi connectivity index (χ1n) is 49.3. The fourth-order valence-electron chi connectivity index (χ4n) is 19.0. The molecule has 784 valence electrons. The van der Waals surface area contributed by atoms with Crippen LogP contribution in [0.5, 0.6) is 0 Å². The molecule has 7 aromatic heterocycles. The largest absolute Gasteiger partial charge is 0.349 e. The van der Waals surface area contributed by atoms with Crippen LogP contribution in [0.25, 0.3) is 11.0 Å². The van der Waals surface area contributed by atoms with Crippen molar-refractivity contribution in [1.29, 1.82) is 0 Å². The van der Waals surface area contributed by atoms with Gasteiger partial charge in [-0.05, 0) is 307 Å². The summed E-state index contributed by atoms with van der Waals surface area (Å²) in [4.78, 5) is 50.2. The van der Waals surface area contributed by atoms with Crippen LogP contribution >= 0.6 is 0 Å². The molecular weight excluding hydrogens is 1700 g/mol. The summed E-state index contributed by atoms with van der Waals surface area (Å²) in [6, 6.07) is 27.3. The first-order valence-corrected chi connectivity index (χ1v) is 49.3. The monoisotopic (exact) mass is 1910 g/mol. The topological polar surface area (TPSA) is 171 Å². The number of fused-ring (bicyclic) bond motifs is 10. The first kappa shape index (κ1) is 127. The highest BCUT2D eigenvalue weighted by Gasteiger charge is 2.38. The van der Waals surface area contributed by atoms with Crippen LogP contribution in [0.3, 0.4) is 0 Å². The summed E-state index contributed by atoms with van der Waals surface area (Å²) >= 11 is 0. The van der Waals surface area contributed by atoms with E-state index >= 15 is 0 Å². The fourth-order valence-corrected chi connectivity index (χ4v) is 19.0. The van der Waals surface area contributed by atoms with Crippen LogP contribution in [0.15, 0.2) is 129 Å². The lowest BCUT2D eigenvalue weighted by Crippen LogP contribution is -2.59. The third-order valence-corrected chi connectivity index (χ3v) is 28.0. The van der Waals surface area contributed by atoms with Gasteiger partial charge in [0.25, 0.3) is 0 Å². The standard InChI is InChI=1S/C13H19N.C12H18N2.C12H24N2.C11H22N2.C11H18N2.C11H14N2.C10H17N3.2C9H16N4.C8H9N.9CH4/c1-13(2,3)14-9-8-11-6-4-5-7-12(11)10-14;1-12(2,3)14-7-5-10-8-13-6-4-11(10)9-14;1-12(2,3)14-9-8-13-7-5-4-6-11(13)10-14;2*1-11(2,3)13-8-7-12-6-4-5-10(12)9-13;1-11(2,3)10-12-8-6-4-5-7-9(8)13-10;1-10(2,3)13-7-6-12-5-4-11-9(12)8-13;1-9(2,3)13-5-4-12-7-10-11-8(12)6-13;1-9(2,3)12-4-5-13-8(6-12)10-7-11-13;1-2-7-4-5-9-6-8(7)3-1;;;;;;;;;/h4-7H,8-10H2,1-3H3;4,6,8H,5,7,9H2,1-3H3;11H,4-10H2,1-3H3;10H,4-9H2,1-3H3;4-6H,7-9H2,1-3H3;4-7H,1-3H3,(H,12,13);4-5H,6-8H2,1-3H3;2*7H,4-6H2,1-3H3;4-6H,1-3H2;9*1H4. The van der Waals surface area contributed by atoms with Crippen LogP contribution in [0, 0.1) is 0 Å². The first-order chi connectivity index (χ1) is 60.6. The van der Waals surface area contributed by atoms with Crippen molar-refractivity contribution in [2.45, 2.75) is 445 Å². The average molecular weight is 1910 g/mol. The minimum Gasteiger partial charge on any atom is -0.349 e. The lowest BCUT2D eigenvalue weighted by molar-refractivity contribution is 0.00573. The number of aryl methyl sites for hydroxylation is 2. The Bertz CT molecular complexity index is 4470. The molecule has 23 heteroatoms. The molecule has 10 aliphatic heterocycles. The van der Waals surface area contributed by atoms with Gasteiger partial charge in [0.05, 0.1) is 37.2 Å². The number of nitrogens with one attached hydrogen (secondary N) is 1. The summed E-state index contributed by atoms with van der Waals surface area (Å²) < 4.78 is 8.70. The molecule has 138 heavy (non-hydrogen) atoms. The summed E-state index contributed by atoms with van der Waals surface area (Å²) in [5, 5.41) is 12.2. The quantitative estimate of drug-likeness (QED) is 0.152. The van der Waals surface area contributed by atoms with Crippen molar-refractivity contribution in [3.05, 3.63) is 191 Å². The van der Waals surface area contributed by atoms with E-state index < -0.39 is 0 Å². The van der Waals surface area contributed by atoms with E-state index in [1.807, 2.05) is 60.2 Å². The van der Waals surface area contributed by atoms with Crippen molar-refractivity contribution in [3.63, 3.8) is 0 Å². The van der Waals surface area contributed by atoms with Crippen molar-refractivity contribution >= 4 is 11.0 Å². The summed E-state index contributed by atoms with van der Waals surface area (Å²) in [7, 11) is 0. The van der Waals surface area contributed by atoms with Crippen LogP contribution in [-0.4, -0.2) is 261 Å². The predicted molar refractivity (Wildman–Crippen MR) is 594 cm³/mol. The second kappa shape index (κ2) is 54.9. The third kappa shape index (κ3) is 37.1. The van der Waals surface area contributed by atoms with Crippen LogP contribution in [0.4, 0.5) is 0 Å². The number of para-hydroxylation sites is 2. The van der Waals surface area contributed by atoms with Gasteiger partial charge in [0.2, 0.25) is 0 Å². The van der Waals surface area contributed by atoms with E-state index in [1.54, 1.807) is 6.33 Å². The maximum atomic E-state index is 4.53. The van der Waals surface area contributed by atoms with Gasteiger partial charge in [0.15, 0.2) is 0 Å². The molecule has 17 heterocycles. The van der Waals surface area contributed by atoms with Gasteiger partial charge < -0.3 is 18.7 Å². The molecule has 0 radical (unpaired) electrons. The van der Waals surface area contributed by atoms with Gasteiger partial charge in [0.1, 0.15) is 36.0 Å². The highest BCUT2D eigenvalue weighted by atomic mass is 15.4. The third-order valence-electron chi connectivity index (χ3n) is 28.0. The van der Waals surface area contributed by atoms with Gasteiger partial charge >= 0.3 is 0 Å². The van der Waals surface area contributed by atoms with Gasteiger partial charge in [-0.2, -0.15) is 5.10 Å². The normalized spacial score (nSPS) is 19.1. The molecule has 1 N–H and O–H groups in total. The number of hydrogen-bond acceptors (Lipinski definition) is 18. The Hall–Kier alpha value is -7.42. The molecule has 2 aromatic carbocycles. The van der Waals surface area contributed by atoms with E-state index in [-0.39, 0.29) is 94.4 Å². The number of aromatic nitrogens is 13. The number of hydrogen-bond donors (Lipinski definition) is 1. The summed E-state index contributed by atoms with van der Waals surface area (Å²) in [5.41, 5.74) is 14.9. The number of benzene rings is 2. The molecule has 11 aliphatic rings. The molecule has 23 nitrogen and oxygen atoms in total. The van der Waals surface area contributed by atoms with Crippen molar-refractivity contribution in [2.24, 2.45) is 0 Å². The number of pyridine rings is 2. The van der Waals surface area contributed by atoms with Crippen molar-refractivity contribution in [3.8, 4) is 0 Å². The van der Waals surface area contributed by atoms with Gasteiger partial charge in [0, 0.05) is 229 Å². The molecule has 0 bridgehead atoms. The molecule has 4 saturated heterocycles. The number of imidazole rings is 2. The molecule has 0 amide bonds. The Morgan fingerprint density at radius 2 is 0.746 bits per heavy atom. The molecule has 4 fully saturated rings. The summed E-state index contributed by atoms with van der Waals surface area (Å²) in [6.45, 7) is 88.7. The smallest absolute Gasteiger partial charge is 0.147 e. The number of piperidine rings is 1. The lowest BCUT2D eigenvalue weighted by Gasteiger charge is -2.48. The molecule has 9 aromatic rings. The van der Waals surface area contributed by atoms with E-state index in [2.05, 4.69) is 362 Å². The Balaban J connectivity index is 0.000000515. The van der Waals surface area contributed by atoms with Crippen LogP contribution in [0.1, 0.15) is 355 Å². The van der Waals surface area contributed by atoms with E-state index in [0.717, 1.165) is 139 Å². The van der Waals surface area contributed by atoms with E-state index in [0.29, 0.717) is 22.2 Å². The zero-order chi connectivity index (χ0) is 93.5. The van der Waals surface area contributed by atoms with Gasteiger partial charge in [-0.1, -0.05) is 130 Å². The summed E-state index contributed by atoms with van der Waals surface area (Å²) in [6.07, 6.45) is 30.7. The van der Waals surface area contributed by atoms with E-state index in [4.69, 9.17) is 0 Å². The fraction of sp³-hybridized carbons (Fsp3) is 0.704. The second-order valence-corrected chi connectivity index (χ2v) is 46.6. The molecule has 0 spiro atoms. The zero-order valence-corrected chi connectivity index (χ0v) is 85.7. The Labute approximate surface area is 846 Å². The molecule has 2 atom stereocenters. The van der Waals surface area contributed by atoms with Crippen molar-refractivity contribution in [1.82, 2.24) is 113 Å². The summed E-state index contributed by atoms with van der Waals surface area (Å²) in [5.74, 6) is 4.41. The van der Waals surface area contributed by atoms with Crippen molar-refractivity contribution in [2.75, 3.05) is 91.6 Å². The van der Waals surface area contributed by atoms with Gasteiger partial charge in [-0.3, -0.25) is 59.0 Å². The molecule has 1 aliphatic carbocycles. The van der Waals surface area contributed by atoms with E-state index in [1.165, 1.54) is 168 Å². The number of rotatable bonds is 0. The number of H-pyrrole nitrogens is 1. The average Bonchev–Trinajstić information content (AvgIpc) is 1.79. The van der Waals surface area contributed by atoms with E-state index in [9.17, 15) is 0 Å². The van der Waals surface area contributed by atoms with Crippen molar-refractivity contribution < 1.29 is 0 Å². The van der Waals surface area contributed by atoms with Crippen LogP contribution < -0.4 is 0 Å². The van der Waals surface area contributed by atoms with Crippen LogP contribution in [0.2, 0.25) is 0 Å². The number of piperazine rings is 2. The number of aromatic amines is 1. The highest BCUT2D eigenvalue weighted by Crippen LogP contribution is 2.32. The molecule has 2 unspecified atom stereocenters. The van der Waals surface area contributed by atoms with Crippen LogP contribution in [-0.2, 0) is 96.5 Å². The van der Waals surface area contributed by atoms with Gasteiger partial charge in [-0.15, -0.1) is 10.2 Å². The molecular formula is C115H209N23. The minimum absolute atomic E-state index is 0. The maximum absolute atomic E-state index is 4.53. The molecule has 20 rings (SSSR count). The Kier molecular flexibility index (Phi) is 50.4.